The van der Waals surface area contributed by atoms with Crippen LogP contribution in [-0.4, -0.2) is 4.98 Å². The Morgan fingerprint density at radius 1 is 0.375 bits per heavy atom. The molecule has 0 saturated carbocycles. The number of aromatic nitrogens is 1. The van der Waals surface area contributed by atoms with E-state index >= 15 is 0 Å². The molecule has 1 heteroatoms. The highest BCUT2D eigenvalue weighted by Crippen LogP contribution is 2.46. The third-order valence-corrected chi connectivity index (χ3v) is 8.08. The van der Waals surface area contributed by atoms with E-state index in [0.717, 1.165) is 10.9 Å². The Kier molecular flexibility index (Phi) is 5.21. The van der Waals surface area contributed by atoms with Gasteiger partial charge in [0.1, 0.15) is 0 Å². The number of hydrogen-bond donors (Lipinski definition) is 0. The molecule has 40 heavy (non-hydrogen) atoms. The second-order valence-electron chi connectivity index (χ2n) is 10.3. The maximum absolute atomic E-state index is 4.94. The third-order valence-electron chi connectivity index (χ3n) is 8.08. The van der Waals surface area contributed by atoms with Crippen molar-refractivity contribution in [2.24, 2.45) is 0 Å². The van der Waals surface area contributed by atoms with Crippen LogP contribution in [-0.2, 0) is 0 Å². The Bertz CT molecular complexity index is 2190. The van der Waals surface area contributed by atoms with Crippen LogP contribution in [0.1, 0.15) is 0 Å². The van der Waals surface area contributed by atoms with Crippen LogP contribution in [0.3, 0.4) is 0 Å². The normalized spacial score (nSPS) is 11.5. The molecule has 0 unspecified atom stereocenters. The van der Waals surface area contributed by atoms with Crippen LogP contribution < -0.4 is 0 Å². The molecule has 0 radical (unpaired) electrons. The maximum Gasteiger partial charge on any atom is 0.0786 e. The summed E-state index contributed by atoms with van der Waals surface area (Å²) < 4.78 is 0. The maximum atomic E-state index is 4.94. The van der Waals surface area contributed by atoms with Gasteiger partial charge in [0.2, 0.25) is 0 Å². The van der Waals surface area contributed by atoms with Gasteiger partial charge in [-0.3, -0.25) is 4.98 Å². The van der Waals surface area contributed by atoms with Gasteiger partial charge >= 0.3 is 0 Å². The molecule has 0 fully saturated rings. The molecule has 8 aromatic rings. The van der Waals surface area contributed by atoms with Crippen molar-refractivity contribution in [1.82, 2.24) is 4.98 Å². The summed E-state index contributed by atoms with van der Waals surface area (Å²) in [5.41, 5.74) is 8.41. The molecule has 7 aromatic carbocycles. The van der Waals surface area contributed by atoms with Crippen molar-refractivity contribution in [2.75, 3.05) is 0 Å². The number of benzene rings is 7. The van der Waals surface area contributed by atoms with E-state index in [1.54, 1.807) is 0 Å². The first-order valence-corrected chi connectivity index (χ1v) is 13.7. The van der Waals surface area contributed by atoms with E-state index in [9.17, 15) is 0 Å². The number of rotatable bonds is 3. The second kappa shape index (κ2) is 9.18. The molecule has 1 aromatic heterocycles. The van der Waals surface area contributed by atoms with Crippen LogP contribution >= 0.6 is 0 Å². The average molecular weight is 508 g/mol. The number of fused-ring (bicyclic) bond motifs is 5. The second-order valence-corrected chi connectivity index (χ2v) is 10.3. The Morgan fingerprint density at radius 3 is 1.88 bits per heavy atom. The number of nitrogens with zero attached hydrogens (tertiary/aromatic N) is 1. The number of hydrogen-bond acceptors (Lipinski definition) is 1. The van der Waals surface area contributed by atoms with Crippen molar-refractivity contribution in [1.29, 1.82) is 0 Å². The molecule has 1 nitrogen and oxygen atoms in total. The quantitative estimate of drug-likeness (QED) is 0.171. The summed E-state index contributed by atoms with van der Waals surface area (Å²) in [6, 6.07) is 52.5. The number of pyridine rings is 1. The minimum atomic E-state index is 1.04. The van der Waals surface area contributed by atoms with Crippen LogP contribution in [0.25, 0.3) is 76.6 Å². The molecule has 0 spiro atoms. The molecule has 0 aliphatic heterocycles. The van der Waals surface area contributed by atoms with Crippen molar-refractivity contribution in [3.05, 3.63) is 152 Å². The van der Waals surface area contributed by atoms with Crippen molar-refractivity contribution in [3.63, 3.8) is 0 Å². The standard InChI is InChI=1S/C39H25N/c1-3-12-27(13-4-1)36-34-23-20-29-17-10-24-40-39(29)38(34)37(28-14-5-2-6-15-28)33-22-21-30(25-35(33)36)32-19-9-16-26-11-7-8-18-31(26)32/h1-25H. The van der Waals surface area contributed by atoms with Crippen molar-refractivity contribution < 1.29 is 0 Å². The highest BCUT2D eigenvalue weighted by molar-refractivity contribution is 6.27. The van der Waals surface area contributed by atoms with Gasteiger partial charge in [0.15, 0.2) is 0 Å². The fraction of sp³-hybridized carbons (Fsp3) is 0. The SMILES string of the molecule is c1ccc(-c2c3cc(-c4cccc5ccccc45)ccc3c(-c3ccccc3)c3c2ccc2cccnc23)cc1. The molecule has 8 rings (SSSR count). The summed E-state index contributed by atoms with van der Waals surface area (Å²) >= 11 is 0. The van der Waals surface area contributed by atoms with Crippen molar-refractivity contribution in [2.45, 2.75) is 0 Å². The summed E-state index contributed by atoms with van der Waals surface area (Å²) in [6.07, 6.45) is 1.91. The van der Waals surface area contributed by atoms with Gasteiger partial charge < -0.3 is 0 Å². The van der Waals surface area contributed by atoms with Crippen LogP contribution in [0.15, 0.2) is 152 Å². The van der Waals surface area contributed by atoms with Gasteiger partial charge in [-0.25, -0.2) is 0 Å². The lowest BCUT2D eigenvalue weighted by Crippen LogP contribution is -1.93. The summed E-state index contributed by atoms with van der Waals surface area (Å²) in [4.78, 5) is 4.94. The fourth-order valence-electron chi connectivity index (χ4n) is 6.32. The summed E-state index contributed by atoms with van der Waals surface area (Å²) in [6.45, 7) is 0. The molecular formula is C39H25N. The van der Waals surface area contributed by atoms with Gasteiger partial charge in [-0.05, 0) is 72.4 Å². The Balaban J connectivity index is 1.59. The fourth-order valence-corrected chi connectivity index (χ4v) is 6.32. The molecule has 0 N–H and O–H groups in total. The zero-order valence-corrected chi connectivity index (χ0v) is 21.9. The summed E-state index contributed by atoms with van der Waals surface area (Å²) in [5, 5.41) is 8.58. The van der Waals surface area contributed by atoms with Crippen LogP contribution in [0, 0.1) is 0 Å². The zero-order chi connectivity index (χ0) is 26.5. The van der Waals surface area contributed by atoms with E-state index < -0.39 is 0 Å². The first kappa shape index (κ1) is 22.7. The summed E-state index contributed by atoms with van der Waals surface area (Å²) in [7, 11) is 0. The van der Waals surface area contributed by atoms with Crippen LogP contribution in [0.4, 0.5) is 0 Å². The largest absolute Gasteiger partial charge is 0.256 e. The van der Waals surface area contributed by atoms with E-state index in [1.165, 1.54) is 65.7 Å². The Morgan fingerprint density at radius 2 is 1.05 bits per heavy atom. The van der Waals surface area contributed by atoms with Gasteiger partial charge in [0.05, 0.1) is 5.52 Å². The van der Waals surface area contributed by atoms with Gasteiger partial charge in [-0.15, -0.1) is 0 Å². The van der Waals surface area contributed by atoms with E-state index in [4.69, 9.17) is 4.98 Å². The van der Waals surface area contributed by atoms with Crippen LogP contribution in [0.5, 0.6) is 0 Å². The average Bonchev–Trinajstić information content (AvgIpc) is 3.03. The molecule has 186 valence electrons. The van der Waals surface area contributed by atoms with Crippen molar-refractivity contribution >= 4 is 43.2 Å². The van der Waals surface area contributed by atoms with E-state index in [-0.39, 0.29) is 0 Å². The van der Waals surface area contributed by atoms with Crippen LogP contribution in [0.2, 0.25) is 0 Å². The Labute approximate surface area is 233 Å². The molecule has 0 bridgehead atoms. The highest BCUT2D eigenvalue weighted by atomic mass is 14.6. The zero-order valence-electron chi connectivity index (χ0n) is 21.9. The molecule has 0 aliphatic rings. The predicted octanol–water partition coefficient (Wildman–Crippen LogP) is 10.7. The van der Waals surface area contributed by atoms with Crippen molar-refractivity contribution in [3.8, 4) is 33.4 Å². The molecular weight excluding hydrogens is 482 g/mol. The van der Waals surface area contributed by atoms with Gasteiger partial charge in [0, 0.05) is 17.0 Å². The minimum absolute atomic E-state index is 1.04. The molecule has 0 amide bonds. The van der Waals surface area contributed by atoms with E-state index in [1.807, 2.05) is 12.3 Å². The van der Waals surface area contributed by atoms with Gasteiger partial charge in [-0.2, -0.15) is 0 Å². The monoisotopic (exact) mass is 507 g/mol. The molecule has 0 atom stereocenters. The lowest BCUT2D eigenvalue weighted by molar-refractivity contribution is 1.43. The Hall–Kier alpha value is -5.27. The third kappa shape index (κ3) is 3.52. The van der Waals surface area contributed by atoms with E-state index in [2.05, 4.69) is 140 Å². The lowest BCUT2D eigenvalue weighted by atomic mass is 9.83. The molecule has 1 heterocycles. The van der Waals surface area contributed by atoms with Gasteiger partial charge in [0.25, 0.3) is 0 Å². The minimum Gasteiger partial charge on any atom is -0.256 e. The molecule has 0 aliphatic carbocycles. The smallest absolute Gasteiger partial charge is 0.0786 e. The molecule has 0 saturated heterocycles. The predicted molar refractivity (Wildman–Crippen MR) is 171 cm³/mol. The first-order valence-electron chi connectivity index (χ1n) is 13.7. The lowest BCUT2D eigenvalue weighted by Gasteiger charge is -2.20. The first-order chi connectivity index (χ1) is 19.9. The topological polar surface area (TPSA) is 12.9 Å². The highest BCUT2D eigenvalue weighted by Gasteiger charge is 2.20. The van der Waals surface area contributed by atoms with Gasteiger partial charge in [-0.1, -0.05) is 133 Å². The summed E-state index contributed by atoms with van der Waals surface area (Å²) in [5.74, 6) is 0. The van der Waals surface area contributed by atoms with E-state index in [0.29, 0.717) is 0 Å².